The molecule has 0 aliphatic rings. The third kappa shape index (κ3) is 3.79. The van der Waals surface area contributed by atoms with Gasteiger partial charge in [-0.05, 0) is 35.9 Å². The minimum Gasteiger partial charge on any atom is -0.497 e. The van der Waals surface area contributed by atoms with Crippen LogP contribution in [-0.4, -0.2) is 33.4 Å². The van der Waals surface area contributed by atoms with Crippen molar-refractivity contribution in [2.24, 2.45) is 0 Å². The van der Waals surface area contributed by atoms with Crippen molar-refractivity contribution < 1.29 is 14.6 Å². The number of nitrogens with zero attached hydrogens (tertiary/aromatic N) is 3. The summed E-state index contributed by atoms with van der Waals surface area (Å²) in [5.74, 6) is -0.314. The van der Waals surface area contributed by atoms with Crippen LogP contribution in [0.25, 0.3) is 22.0 Å². The molecule has 1 N–H and O–H groups in total. The van der Waals surface area contributed by atoms with Crippen molar-refractivity contribution in [2.45, 2.75) is 6.42 Å². The Morgan fingerprint density at radius 3 is 2.33 bits per heavy atom. The lowest BCUT2D eigenvalue weighted by molar-refractivity contribution is 0.0697. The molecule has 0 aliphatic carbocycles. The van der Waals surface area contributed by atoms with Crippen molar-refractivity contribution in [3.05, 3.63) is 81.7 Å². The van der Waals surface area contributed by atoms with Gasteiger partial charge in [-0.1, -0.05) is 35.3 Å². The molecule has 0 aliphatic heterocycles. The Labute approximate surface area is 182 Å². The van der Waals surface area contributed by atoms with Gasteiger partial charge in [-0.25, -0.2) is 4.79 Å². The molecule has 2 aromatic carbocycles. The second-order valence-electron chi connectivity index (χ2n) is 6.55. The van der Waals surface area contributed by atoms with Crippen LogP contribution >= 0.6 is 23.2 Å². The van der Waals surface area contributed by atoms with E-state index in [2.05, 4.69) is 15.2 Å². The maximum Gasteiger partial charge on any atom is 0.335 e. The van der Waals surface area contributed by atoms with Gasteiger partial charge in [-0.3, -0.25) is 4.98 Å². The van der Waals surface area contributed by atoms with Gasteiger partial charge in [0.2, 0.25) is 0 Å². The fraction of sp³-hybridized carbons (Fsp3) is 0.0909. The normalized spacial score (nSPS) is 10.9. The predicted molar refractivity (Wildman–Crippen MR) is 116 cm³/mol. The number of benzene rings is 2. The molecule has 0 bridgehead atoms. The van der Waals surface area contributed by atoms with E-state index < -0.39 is 5.97 Å². The standard InChI is InChI=1S/C22H15Cl2N3O3/c1-30-14-6-7-15-16(8-14)21(12-2-4-13(5-3-12)22(28)29)27-26-20(15)9-17-18(23)10-25-11-19(17)24/h2-8,10-11H,9H2,1H3,(H,28,29). The molecule has 4 aromatic rings. The zero-order valence-corrected chi connectivity index (χ0v) is 17.3. The van der Waals surface area contributed by atoms with E-state index in [1.165, 1.54) is 12.1 Å². The number of aromatic carboxylic acids is 1. The number of ether oxygens (including phenoxy) is 1. The van der Waals surface area contributed by atoms with E-state index in [-0.39, 0.29) is 5.56 Å². The molecule has 0 spiro atoms. The van der Waals surface area contributed by atoms with Gasteiger partial charge >= 0.3 is 5.97 Å². The highest BCUT2D eigenvalue weighted by atomic mass is 35.5. The molecule has 6 nitrogen and oxygen atoms in total. The number of carbonyl (C=O) groups is 1. The fourth-order valence-electron chi connectivity index (χ4n) is 3.20. The Bertz CT molecular complexity index is 1240. The molecule has 4 rings (SSSR count). The van der Waals surface area contributed by atoms with Gasteiger partial charge in [0.05, 0.1) is 28.4 Å². The first-order chi connectivity index (χ1) is 14.5. The summed E-state index contributed by atoms with van der Waals surface area (Å²) in [6.45, 7) is 0. The van der Waals surface area contributed by atoms with Crippen LogP contribution in [0, 0.1) is 0 Å². The predicted octanol–water partition coefficient (Wildman–Crippen LogP) is 5.30. The average Bonchev–Trinajstić information content (AvgIpc) is 2.76. The van der Waals surface area contributed by atoms with Crippen molar-refractivity contribution in [1.82, 2.24) is 15.2 Å². The minimum absolute atomic E-state index is 0.201. The Morgan fingerprint density at radius 1 is 1.00 bits per heavy atom. The van der Waals surface area contributed by atoms with Gasteiger partial charge in [0.1, 0.15) is 11.4 Å². The second-order valence-corrected chi connectivity index (χ2v) is 7.36. The van der Waals surface area contributed by atoms with Crippen LogP contribution in [0.1, 0.15) is 21.6 Å². The third-order valence-electron chi connectivity index (χ3n) is 4.77. The van der Waals surface area contributed by atoms with Gasteiger partial charge in [0, 0.05) is 35.2 Å². The maximum absolute atomic E-state index is 11.1. The highest BCUT2D eigenvalue weighted by Crippen LogP contribution is 2.33. The van der Waals surface area contributed by atoms with Crippen LogP contribution in [-0.2, 0) is 6.42 Å². The summed E-state index contributed by atoms with van der Waals surface area (Å²) in [7, 11) is 1.59. The van der Waals surface area contributed by atoms with Crippen LogP contribution in [0.5, 0.6) is 5.75 Å². The van der Waals surface area contributed by atoms with E-state index >= 15 is 0 Å². The first kappa shape index (κ1) is 20.1. The number of halogens is 2. The highest BCUT2D eigenvalue weighted by molar-refractivity contribution is 6.35. The van der Waals surface area contributed by atoms with Gasteiger partial charge in [-0.15, -0.1) is 5.10 Å². The lowest BCUT2D eigenvalue weighted by Gasteiger charge is -2.12. The molecule has 0 saturated carbocycles. The summed E-state index contributed by atoms with van der Waals surface area (Å²) in [6.07, 6.45) is 3.47. The van der Waals surface area contributed by atoms with Gasteiger partial charge in [0.15, 0.2) is 0 Å². The topological polar surface area (TPSA) is 85.2 Å². The molecular weight excluding hydrogens is 425 g/mol. The summed E-state index contributed by atoms with van der Waals surface area (Å²) in [4.78, 5) is 15.1. The molecule has 30 heavy (non-hydrogen) atoms. The molecule has 0 radical (unpaired) electrons. The van der Waals surface area contributed by atoms with Gasteiger partial charge in [-0.2, -0.15) is 5.10 Å². The molecule has 150 valence electrons. The Morgan fingerprint density at radius 2 is 1.70 bits per heavy atom. The molecule has 2 heterocycles. The van der Waals surface area contributed by atoms with E-state index in [0.29, 0.717) is 33.6 Å². The summed E-state index contributed by atoms with van der Waals surface area (Å²) >= 11 is 12.6. The maximum atomic E-state index is 11.1. The number of carboxylic acids is 1. The van der Waals surface area contributed by atoms with Crippen LogP contribution in [0.15, 0.2) is 54.9 Å². The number of hydrogen-bond acceptors (Lipinski definition) is 5. The van der Waals surface area contributed by atoms with Crippen LogP contribution in [0.4, 0.5) is 0 Å². The first-order valence-electron chi connectivity index (χ1n) is 8.93. The Hall–Kier alpha value is -3.22. The molecule has 8 heteroatoms. The number of hydrogen-bond donors (Lipinski definition) is 1. The number of pyridine rings is 1. The molecular formula is C22H15Cl2N3O3. The average molecular weight is 440 g/mol. The molecule has 2 aromatic heterocycles. The number of carboxylic acid groups (broad SMARTS) is 1. The lowest BCUT2D eigenvalue weighted by atomic mass is 9.99. The van der Waals surface area contributed by atoms with Crippen LogP contribution < -0.4 is 4.74 Å². The Balaban J connectivity index is 1.87. The number of methoxy groups -OCH3 is 1. The zero-order chi connectivity index (χ0) is 21.3. The van der Waals surface area contributed by atoms with Gasteiger partial charge < -0.3 is 9.84 Å². The van der Waals surface area contributed by atoms with Crippen molar-refractivity contribution in [2.75, 3.05) is 7.11 Å². The summed E-state index contributed by atoms with van der Waals surface area (Å²) < 4.78 is 5.38. The first-order valence-corrected chi connectivity index (χ1v) is 9.68. The minimum atomic E-state index is -0.986. The molecule has 0 atom stereocenters. The smallest absolute Gasteiger partial charge is 0.335 e. The molecule has 0 unspecified atom stereocenters. The van der Waals surface area contributed by atoms with E-state index in [1.54, 1.807) is 31.6 Å². The van der Waals surface area contributed by atoms with E-state index in [1.807, 2.05) is 18.2 Å². The Kier molecular flexibility index (Phi) is 5.53. The SMILES string of the molecule is COc1ccc2c(Cc3c(Cl)cncc3Cl)nnc(-c3ccc(C(=O)O)cc3)c2c1. The summed E-state index contributed by atoms with van der Waals surface area (Å²) in [6, 6.07) is 12.1. The second kappa shape index (κ2) is 8.26. The van der Waals surface area contributed by atoms with E-state index in [9.17, 15) is 4.79 Å². The molecule has 0 amide bonds. The molecule has 0 fully saturated rings. The lowest BCUT2D eigenvalue weighted by Crippen LogP contribution is -2.01. The molecule has 0 saturated heterocycles. The van der Waals surface area contributed by atoms with Crippen LogP contribution in [0.3, 0.4) is 0 Å². The summed E-state index contributed by atoms with van der Waals surface area (Å²) in [5.41, 5.74) is 2.99. The number of rotatable bonds is 5. The van der Waals surface area contributed by atoms with Gasteiger partial charge in [0.25, 0.3) is 0 Å². The number of aromatic nitrogens is 3. The van der Waals surface area contributed by atoms with Crippen molar-refractivity contribution in [1.29, 1.82) is 0 Å². The summed E-state index contributed by atoms with van der Waals surface area (Å²) in [5, 5.41) is 20.6. The van der Waals surface area contributed by atoms with Crippen LogP contribution in [0.2, 0.25) is 10.0 Å². The van der Waals surface area contributed by atoms with E-state index in [0.717, 1.165) is 21.9 Å². The van der Waals surface area contributed by atoms with Crippen molar-refractivity contribution >= 4 is 39.9 Å². The number of fused-ring (bicyclic) bond motifs is 1. The van der Waals surface area contributed by atoms with Crippen molar-refractivity contribution in [3.8, 4) is 17.0 Å². The largest absolute Gasteiger partial charge is 0.497 e. The van der Waals surface area contributed by atoms with E-state index in [4.69, 9.17) is 33.0 Å². The zero-order valence-electron chi connectivity index (χ0n) is 15.8. The monoisotopic (exact) mass is 439 g/mol. The fourth-order valence-corrected chi connectivity index (χ4v) is 3.70. The highest BCUT2D eigenvalue weighted by Gasteiger charge is 2.16. The van der Waals surface area contributed by atoms with Crippen molar-refractivity contribution in [3.63, 3.8) is 0 Å². The third-order valence-corrected chi connectivity index (χ3v) is 5.42. The quantitative estimate of drug-likeness (QED) is 0.454.